The SMILES string of the molecule is CC(C)(C)c1cc2c(cc1O)CCC1(CCC1)O2. The zero-order valence-electron chi connectivity index (χ0n) is 11.5. The van der Waals surface area contributed by atoms with Crippen LogP contribution in [0.2, 0.25) is 0 Å². The van der Waals surface area contributed by atoms with Gasteiger partial charge in [-0.15, -0.1) is 0 Å². The molecule has 0 bridgehead atoms. The smallest absolute Gasteiger partial charge is 0.123 e. The molecule has 3 rings (SSSR count). The van der Waals surface area contributed by atoms with Gasteiger partial charge in [-0.2, -0.15) is 0 Å². The molecule has 0 radical (unpaired) electrons. The molecule has 1 aromatic rings. The third-order valence-electron chi connectivity index (χ3n) is 4.43. The first-order valence-electron chi connectivity index (χ1n) is 6.95. The van der Waals surface area contributed by atoms with E-state index in [1.54, 1.807) is 0 Å². The molecule has 0 atom stereocenters. The highest BCUT2D eigenvalue weighted by molar-refractivity contribution is 5.49. The Balaban J connectivity index is 2.01. The normalized spacial score (nSPS) is 21.1. The highest BCUT2D eigenvalue weighted by Gasteiger charge is 2.42. The molecule has 0 amide bonds. The second kappa shape index (κ2) is 3.66. The highest BCUT2D eigenvalue weighted by Crippen LogP contribution is 2.47. The number of aryl methyl sites for hydroxylation is 1. The summed E-state index contributed by atoms with van der Waals surface area (Å²) in [4.78, 5) is 0. The molecule has 0 aromatic heterocycles. The second-order valence-corrected chi connectivity index (χ2v) is 6.87. The van der Waals surface area contributed by atoms with Gasteiger partial charge in [0.2, 0.25) is 0 Å². The van der Waals surface area contributed by atoms with Gasteiger partial charge in [0.1, 0.15) is 17.1 Å². The predicted molar refractivity (Wildman–Crippen MR) is 72.3 cm³/mol. The summed E-state index contributed by atoms with van der Waals surface area (Å²) < 4.78 is 6.24. The van der Waals surface area contributed by atoms with Crippen LogP contribution < -0.4 is 4.74 Å². The van der Waals surface area contributed by atoms with Crippen molar-refractivity contribution in [1.29, 1.82) is 0 Å². The summed E-state index contributed by atoms with van der Waals surface area (Å²) in [5, 5.41) is 10.1. The van der Waals surface area contributed by atoms with Crippen LogP contribution in [-0.4, -0.2) is 10.7 Å². The van der Waals surface area contributed by atoms with Crippen LogP contribution in [0.4, 0.5) is 0 Å². The van der Waals surface area contributed by atoms with Crippen molar-refractivity contribution in [3.63, 3.8) is 0 Å². The van der Waals surface area contributed by atoms with E-state index in [2.05, 4.69) is 26.8 Å². The van der Waals surface area contributed by atoms with Crippen molar-refractivity contribution in [2.45, 2.75) is 63.9 Å². The van der Waals surface area contributed by atoms with E-state index in [9.17, 15) is 5.11 Å². The number of phenolic OH excluding ortho intramolecular Hbond substituents is 1. The number of rotatable bonds is 0. The van der Waals surface area contributed by atoms with Crippen molar-refractivity contribution < 1.29 is 9.84 Å². The Kier molecular flexibility index (Phi) is 2.42. The van der Waals surface area contributed by atoms with Crippen LogP contribution in [0.3, 0.4) is 0 Å². The number of phenols is 1. The highest BCUT2D eigenvalue weighted by atomic mass is 16.5. The van der Waals surface area contributed by atoms with Crippen LogP contribution in [0, 0.1) is 0 Å². The molecule has 2 nitrogen and oxygen atoms in total. The topological polar surface area (TPSA) is 29.5 Å². The molecule has 18 heavy (non-hydrogen) atoms. The Morgan fingerprint density at radius 3 is 2.44 bits per heavy atom. The molecule has 1 N–H and O–H groups in total. The fourth-order valence-electron chi connectivity index (χ4n) is 3.07. The van der Waals surface area contributed by atoms with E-state index in [0.29, 0.717) is 5.75 Å². The minimum Gasteiger partial charge on any atom is -0.508 e. The van der Waals surface area contributed by atoms with Crippen molar-refractivity contribution in [3.8, 4) is 11.5 Å². The Morgan fingerprint density at radius 1 is 1.17 bits per heavy atom. The minimum absolute atomic E-state index is 0.0489. The standard InChI is InChI=1S/C16H22O2/c1-15(2,3)12-10-14-11(9-13(12)17)5-8-16(18-14)6-4-7-16/h9-10,17H,4-8H2,1-3H3. The van der Waals surface area contributed by atoms with Crippen LogP contribution in [0.25, 0.3) is 0 Å². The number of benzene rings is 1. The molecule has 98 valence electrons. The summed E-state index contributed by atoms with van der Waals surface area (Å²) in [6, 6.07) is 3.96. The van der Waals surface area contributed by atoms with Crippen LogP contribution >= 0.6 is 0 Å². The van der Waals surface area contributed by atoms with Crippen molar-refractivity contribution in [1.82, 2.24) is 0 Å². The number of fused-ring (bicyclic) bond motifs is 1. The summed E-state index contributed by atoms with van der Waals surface area (Å²) >= 11 is 0. The molecular weight excluding hydrogens is 224 g/mol. The van der Waals surface area contributed by atoms with Crippen molar-refractivity contribution in [2.75, 3.05) is 0 Å². The van der Waals surface area contributed by atoms with E-state index in [1.807, 2.05) is 6.07 Å². The van der Waals surface area contributed by atoms with Crippen molar-refractivity contribution in [2.24, 2.45) is 0 Å². The van der Waals surface area contributed by atoms with Gasteiger partial charge in [0.15, 0.2) is 0 Å². The lowest BCUT2D eigenvalue weighted by Crippen LogP contribution is -2.45. The van der Waals surface area contributed by atoms with Gasteiger partial charge in [0, 0.05) is 5.56 Å². The van der Waals surface area contributed by atoms with Crippen LogP contribution in [0.5, 0.6) is 11.5 Å². The first kappa shape index (κ1) is 11.9. The van der Waals surface area contributed by atoms with Gasteiger partial charge >= 0.3 is 0 Å². The third kappa shape index (κ3) is 1.79. The summed E-state index contributed by atoms with van der Waals surface area (Å²) in [5.74, 6) is 1.41. The zero-order valence-corrected chi connectivity index (χ0v) is 11.5. The monoisotopic (exact) mass is 246 g/mol. The number of hydrogen-bond donors (Lipinski definition) is 1. The molecule has 2 heteroatoms. The van der Waals surface area contributed by atoms with Gasteiger partial charge in [-0.3, -0.25) is 0 Å². The third-order valence-corrected chi connectivity index (χ3v) is 4.43. The first-order valence-corrected chi connectivity index (χ1v) is 6.95. The maximum absolute atomic E-state index is 10.1. The molecule has 1 fully saturated rings. The van der Waals surface area contributed by atoms with Gasteiger partial charge in [-0.1, -0.05) is 20.8 Å². The molecule has 1 aliphatic carbocycles. The van der Waals surface area contributed by atoms with E-state index in [0.717, 1.165) is 29.7 Å². The Bertz CT molecular complexity index is 479. The van der Waals surface area contributed by atoms with Gasteiger partial charge in [-0.05, 0) is 55.2 Å². The minimum atomic E-state index is -0.0489. The van der Waals surface area contributed by atoms with Crippen molar-refractivity contribution >= 4 is 0 Å². The van der Waals surface area contributed by atoms with Gasteiger partial charge in [0.25, 0.3) is 0 Å². The quantitative estimate of drug-likeness (QED) is 0.751. The summed E-state index contributed by atoms with van der Waals surface area (Å²) in [7, 11) is 0. The molecule has 1 aliphatic heterocycles. The summed E-state index contributed by atoms with van der Waals surface area (Å²) in [5.41, 5.74) is 2.22. The van der Waals surface area contributed by atoms with E-state index in [1.165, 1.54) is 19.3 Å². The lowest BCUT2D eigenvalue weighted by Gasteiger charge is -2.45. The average molecular weight is 246 g/mol. The number of aromatic hydroxyl groups is 1. The Labute approximate surface area is 109 Å². The lowest BCUT2D eigenvalue weighted by atomic mass is 9.74. The molecular formula is C16H22O2. The first-order chi connectivity index (χ1) is 8.40. The lowest BCUT2D eigenvalue weighted by molar-refractivity contribution is -0.0251. The van der Waals surface area contributed by atoms with Gasteiger partial charge in [-0.25, -0.2) is 0 Å². The van der Waals surface area contributed by atoms with E-state index >= 15 is 0 Å². The van der Waals surface area contributed by atoms with Crippen LogP contribution in [0.15, 0.2) is 12.1 Å². The second-order valence-electron chi connectivity index (χ2n) is 6.87. The largest absolute Gasteiger partial charge is 0.508 e. The van der Waals surface area contributed by atoms with E-state index in [-0.39, 0.29) is 11.0 Å². The fraction of sp³-hybridized carbons (Fsp3) is 0.625. The van der Waals surface area contributed by atoms with Crippen LogP contribution in [-0.2, 0) is 11.8 Å². The van der Waals surface area contributed by atoms with Gasteiger partial charge < -0.3 is 9.84 Å². The maximum Gasteiger partial charge on any atom is 0.123 e. The van der Waals surface area contributed by atoms with Gasteiger partial charge in [0.05, 0.1) is 0 Å². The van der Waals surface area contributed by atoms with Crippen LogP contribution in [0.1, 0.15) is 57.6 Å². The Hall–Kier alpha value is -1.18. The molecule has 1 saturated carbocycles. The maximum atomic E-state index is 10.1. The predicted octanol–water partition coefficient (Wildman–Crippen LogP) is 3.94. The summed E-state index contributed by atoms with van der Waals surface area (Å²) in [6.07, 6.45) is 5.82. The molecule has 1 spiro atoms. The molecule has 2 aliphatic rings. The molecule has 1 heterocycles. The van der Waals surface area contributed by atoms with Crippen molar-refractivity contribution in [3.05, 3.63) is 23.3 Å². The molecule has 0 unspecified atom stereocenters. The fourth-order valence-corrected chi connectivity index (χ4v) is 3.07. The number of ether oxygens (including phenoxy) is 1. The molecule has 0 saturated heterocycles. The molecule has 1 aromatic carbocycles. The van der Waals surface area contributed by atoms with E-state index < -0.39 is 0 Å². The van der Waals surface area contributed by atoms with E-state index in [4.69, 9.17) is 4.74 Å². The summed E-state index contributed by atoms with van der Waals surface area (Å²) in [6.45, 7) is 6.36. The average Bonchev–Trinajstić information content (AvgIpc) is 2.24. The Morgan fingerprint density at radius 2 is 1.89 bits per heavy atom. The number of hydrogen-bond acceptors (Lipinski definition) is 2. The zero-order chi connectivity index (χ0) is 13.0.